The minimum atomic E-state index is -0.709. The van der Waals surface area contributed by atoms with Crippen LogP contribution in [0.25, 0.3) is 0 Å². The van der Waals surface area contributed by atoms with Gasteiger partial charge in [0.2, 0.25) is 0 Å². The summed E-state index contributed by atoms with van der Waals surface area (Å²) in [7, 11) is 0. The van der Waals surface area contributed by atoms with E-state index < -0.39 is 5.97 Å². The van der Waals surface area contributed by atoms with Gasteiger partial charge in [-0.15, -0.1) is 0 Å². The molecule has 0 aromatic rings. The summed E-state index contributed by atoms with van der Waals surface area (Å²) < 4.78 is 0. The Balaban J connectivity index is 3.50. The minimum absolute atomic E-state index is 0.271. The van der Waals surface area contributed by atoms with Crippen LogP contribution in [0.5, 0.6) is 0 Å². The van der Waals surface area contributed by atoms with Crippen molar-refractivity contribution in [1.82, 2.24) is 0 Å². The van der Waals surface area contributed by atoms with Gasteiger partial charge in [0, 0.05) is 6.42 Å². The number of hydrogen-bond donors (Lipinski definition) is 1. The third kappa shape index (κ3) is 18.2. The minimum Gasteiger partial charge on any atom is -0.481 e. The Morgan fingerprint density at radius 3 is 1.86 bits per heavy atom. The van der Waals surface area contributed by atoms with Crippen LogP contribution in [-0.2, 0) is 4.79 Å². The molecule has 0 saturated carbocycles. The molecule has 0 radical (unpaired) electrons. The number of carboxylic acids is 1. The van der Waals surface area contributed by atoms with Crippen molar-refractivity contribution < 1.29 is 9.90 Å². The summed E-state index contributed by atoms with van der Waals surface area (Å²) in [6, 6.07) is 0. The lowest BCUT2D eigenvalue weighted by atomic mass is 10.2. The van der Waals surface area contributed by atoms with Gasteiger partial charge in [0.05, 0.1) is 0 Å². The summed E-state index contributed by atoms with van der Waals surface area (Å²) in [5.74, 6) is -0.709. The average molecular weight is 302 g/mol. The SMILES string of the molecule is CCC=CCCCC=CC=CC=CC=CCCCCC(=O)O. The lowest BCUT2D eigenvalue weighted by Crippen LogP contribution is -1.92. The molecule has 0 aromatic heterocycles. The molecule has 2 heteroatoms. The highest BCUT2D eigenvalue weighted by Crippen LogP contribution is 2.01. The van der Waals surface area contributed by atoms with Crippen molar-refractivity contribution >= 4 is 5.97 Å². The van der Waals surface area contributed by atoms with Crippen molar-refractivity contribution in [2.45, 2.75) is 58.3 Å². The van der Waals surface area contributed by atoms with Gasteiger partial charge in [-0.05, 0) is 44.9 Å². The molecular formula is C20H30O2. The molecule has 0 heterocycles. The maximum absolute atomic E-state index is 10.3. The molecule has 0 fully saturated rings. The van der Waals surface area contributed by atoms with Gasteiger partial charge in [-0.25, -0.2) is 0 Å². The van der Waals surface area contributed by atoms with E-state index >= 15 is 0 Å². The second-order valence-electron chi connectivity index (χ2n) is 5.08. The first-order valence-electron chi connectivity index (χ1n) is 8.29. The van der Waals surface area contributed by atoms with E-state index in [4.69, 9.17) is 5.11 Å². The molecule has 0 spiro atoms. The van der Waals surface area contributed by atoms with Crippen LogP contribution in [0.1, 0.15) is 58.3 Å². The highest BCUT2D eigenvalue weighted by atomic mass is 16.4. The zero-order chi connectivity index (χ0) is 16.3. The maximum Gasteiger partial charge on any atom is 0.303 e. The predicted molar refractivity (Wildman–Crippen MR) is 95.9 cm³/mol. The van der Waals surface area contributed by atoms with Crippen LogP contribution >= 0.6 is 0 Å². The number of allylic oxidation sites excluding steroid dienone is 10. The standard InChI is InChI=1S/C20H30O2/c1-2-3-4-5-6-7-8-9-10-11-12-13-14-15-16-17-18-19-20(21)22/h3-4,8-15H,2,5-7,16-19H2,1H3,(H,21,22). The summed E-state index contributed by atoms with van der Waals surface area (Å²) in [4.78, 5) is 10.3. The van der Waals surface area contributed by atoms with Crippen LogP contribution in [0.3, 0.4) is 0 Å². The fraction of sp³-hybridized carbons (Fsp3) is 0.450. The number of unbranched alkanes of at least 4 members (excludes halogenated alkanes) is 4. The Morgan fingerprint density at radius 2 is 1.27 bits per heavy atom. The molecule has 0 rings (SSSR count). The Labute approximate surface area is 135 Å². The normalized spacial score (nSPS) is 12.8. The van der Waals surface area contributed by atoms with Crippen LogP contribution in [0.4, 0.5) is 0 Å². The maximum atomic E-state index is 10.3. The molecule has 0 amide bonds. The van der Waals surface area contributed by atoms with Crippen LogP contribution in [0, 0.1) is 0 Å². The molecule has 22 heavy (non-hydrogen) atoms. The van der Waals surface area contributed by atoms with E-state index in [0.29, 0.717) is 0 Å². The number of carboxylic acid groups (broad SMARTS) is 1. The molecular weight excluding hydrogens is 272 g/mol. The molecule has 0 saturated heterocycles. The third-order valence-electron chi connectivity index (χ3n) is 2.98. The molecule has 0 aliphatic carbocycles. The largest absolute Gasteiger partial charge is 0.481 e. The van der Waals surface area contributed by atoms with E-state index in [9.17, 15) is 4.79 Å². The van der Waals surface area contributed by atoms with Gasteiger partial charge in [0.1, 0.15) is 0 Å². The van der Waals surface area contributed by atoms with Gasteiger partial charge >= 0.3 is 5.97 Å². The van der Waals surface area contributed by atoms with Gasteiger partial charge in [-0.1, -0.05) is 67.7 Å². The van der Waals surface area contributed by atoms with Crippen molar-refractivity contribution in [2.75, 3.05) is 0 Å². The van der Waals surface area contributed by atoms with Crippen LogP contribution in [0.2, 0.25) is 0 Å². The molecule has 0 bridgehead atoms. The molecule has 0 atom stereocenters. The molecule has 0 aromatic carbocycles. The lowest BCUT2D eigenvalue weighted by molar-refractivity contribution is -0.137. The van der Waals surface area contributed by atoms with E-state index in [1.165, 1.54) is 12.8 Å². The second-order valence-corrected chi connectivity index (χ2v) is 5.08. The van der Waals surface area contributed by atoms with Crippen molar-refractivity contribution in [3.05, 3.63) is 60.8 Å². The second kappa shape index (κ2) is 17.2. The Hall–Kier alpha value is -1.83. The molecule has 0 aliphatic rings. The van der Waals surface area contributed by atoms with Crippen LogP contribution < -0.4 is 0 Å². The topological polar surface area (TPSA) is 37.3 Å². The van der Waals surface area contributed by atoms with Gasteiger partial charge in [-0.2, -0.15) is 0 Å². The smallest absolute Gasteiger partial charge is 0.303 e. The fourth-order valence-corrected chi connectivity index (χ4v) is 1.78. The first kappa shape index (κ1) is 20.2. The van der Waals surface area contributed by atoms with Crippen LogP contribution in [0.15, 0.2) is 60.8 Å². The van der Waals surface area contributed by atoms with E-state index in [2.05, 4.69) is 37.3 Å². The van der Waals surface area contributed by atoms with Crippen molar-refractivity contribution in [2.24, 2.45) is 0 Å². The zero-order valence-corrected chi connectivity index (χ0v) is 13.8. The Kier molecular flexibility index (Phi) is 15.8. The summed E-state index contributed by atoms with van der Waals surface area (Å²) in [5, 5.41) is 8.49. The van der Waals surface area contributed by atoms with Gasteiger partial charge in [-0.3, -0.25) is 4.79 Å². The zero-order valence-electron chi connectivity index (χ0n) is 13.8. The monoisotopic (exact) mass is 302 g/mol. The molecule has 122 valence electrons. The van der Waals surface area contributed by atoms with E-state index in [-0.39, 0.29) is 6.42 Å². The summed E-state index contributed by atoms with van der Waals surface area (Å²) >= 11 is 0. The molecule has 0 unspecified atom stereocenters. The highest BCUT2D eigenvalue weighted by Gasteiger charge is 1.93. The highest BCUT2D eigenvalue weighted by molar-refractivity contribution is 5.66. The van der Waals surface area contributed by atoms with E-state index in [1.54, 1.807) is 0 Å². The fourth-order valence-electron chi connectivity index (χ4n) is 1.78. The molecule has 1 N–H and O–H groups in total. The molecule has 2 nitrogen and oxygen atoms in total. The van der Waals surface area contributed by atoms with Crippen molar-refractivity contribution in [1.29, 1.82) is 0 Å². The van der Waals surface area contributed by atoms with Crippen molar-refractivity contribution in [3.8, 4) is 0 Å². The van der Waals surface area contributed by atoms with Gasteiger partial charge in [0.15, 0.2) is 0 Å². The summed E-state index contributed by atoms with van der Waals surface area (Å²) in [6.07, 6.45) is 28.4. The number of rotatable bonds is 13. The Bertz CT molecular complexity index is 398. The predicted octanol–water partition coefficient (Wildman–Crippen LogP) is 5.99. The third-order valence-corrected chi connectivity index (χ3v) is 2.98. The number of carbonyl (C=O) groups is 1. The first-order valence-corrected chi connectivity index (χ1v) is 8.29. The quantitative estimate of drug-likeness (QED) is 0.258. The first-order chi connectivity index (χ1) is 10.8. The summed E-state index contributed by atoms with van der Waals surface area (Å²) in [5.41, 5.74) is 0. The van der Waals surface area contributed by atoms with Gasteiger partial charge in [0.25, 0.3) is 0 Å². The van der Waals surface area contributed by atoms with E-state index in [0.717, 1.165) is 32.1 Å². The van der Waals surface area contributed by atoms with E-state index in [1.807, 2.05) is 30.4 Å². The van der Waals surface area contributed by atoms with Gasteiger partial charge < -0.3 is 5.11 Å². The van der Waals surface area contributed by atoms with Crippen molar-refractivity contribution in [3.63, 3.8) is 0 Å². The lowest BCUT2D eigenvalue weighted by Gasteiger charge is -1.91. The number of aliphatic carboxylic acids is 1. The Morgan fingerprint density at radius 1 is 0.727 bits per heavy atom. The molecule has 0 aliphatic heterocycles. The number of hydrogen-bond acceptors (Lipinski definition) is 1. The average Bonchev–Trinajstić information content (AvgIpc) is 2.50. The summed E-state index contributed by atoms with van der Waals surface area (Å²) in [6.45, 7) is 2.16. The van der Waals surface area contributed by atoms with Crippen LogP contribution in [-0.4, -0.2) is 11.1 Å².